The Hall–Kier alpha value is -0.650. The van der Waals surface area contributed by atoms with Gasteiger partial charge in [-0.1, -0.05) is 12.8 Å². The van der Waals surface area contributed by atoms with Gasteiger partial charge in [-0.05, 0) is 31.2 Å². The molecule has 0 aromatic carbocycles. The maximum atomic E-state index is 11.5. The summed E-state index contributed by atoms with van der Waals surface area (Å²) in [5.74, 6) is 1.05. The maximum absolute atomic E-state index is 11.5. The molecule has 1 saturated carbocycles. The zero-order valence-electron chi connectivity index (χ0n) is 11.3. The van der Waals surface area contributed by atoms with E-state index in [0.717, 1.165) is 13.1 Å². The Labute approximate surface area is 109 Å². The van der Waals surface area contributed by atoms with Gasteiger partial charge in [0.2, 0.25) is 5.91 Å². The molecular weight excluding hydrogens is 232 g/mol. The first-order valence-electron chi connectivity index (χ1n) is 6.81. The van der Waals surface area contributed by atoms with Crippen LogP contribution in [0.5, 0.6) is 0 Å². The molecule has 1 amide bonds. The molecule has 0 aromatic heterocycles. The number of hydrogen-bond donors (Lipinski definition) is 2. The molecular formula is C13H26N2O3. The number of rotatable bonds is 8. The van der Waals surface area contributed by atoms with Crippen molar-refractivity contribution in [2.45, 2.75) is 25.7 Å². The molecule has 0 saturated heterocycles. The fraction of sp³-hybridized carbons (Fsp3) is 0.923. The van der Waals surface area contributed by atoms with Gasteiger partial charge in [0, 0.05) is 13.7 Å². The van der Waals surface area contributed by atoms with Gasteiger partial charge < -0.3 is 20.5 Å². The van der Waals surface area contributed by atoms with Gasteiger partial charge in [-0.3, -0.25) is 4.79 Å². The van der Waals surface area contributed by atoms with Crippen LogP contribution in [0.2, 0.25) is 0 Å². The monoisotopic (exact) mass is 258 g/mol. The van der Waals surface area contributed by atoms with Crippen LogP contribution in [0.4, 0.5) is 0 Å². The molecule has 0 aliphatic heterocycles. The Morgan fingerprint density at radius 1 is 1.28 bits per heavy atom. The molecule has 1 rings (SSSR count). The van der Waals surface area contributed by atoms with Crippen molar-refractivity contribution in [3.63, 3.8) is 0 Å². The molecule has 1 fully saturated rings. The highest BCUT2D eigenvalue weighted by Gasteiger charge is 2.23. The van der Waals surface area contributed by atoms with E-state index >= 15 is 0 Å². The third-order valence-corrected chi connectivity index (χ3v) is 3.60. The van der Waals surface area contributed by atoms with Crippen LogP contribution in [0, 0.1) is 11.8 Å². The van der Waals surface area contributed by atoms with E-state index in [0.29, 0.717) is 25.0 Å². The SMILES string of the molecule is COCCOCC(=O)NCC1CCCCC1CN. The number of carbonyl (C=O) groups is 1. The van der Waals surface area contributed by atoms with E-state index in [2.05, 4.69) is 5.32 Å². The highest BCUT2D eigenvalue weighted by Crippen LogP contribution is 2.28. The van der Waals surface area contributed by atoms with Gasteiger partial charge in [0.25, 0.3) is 0 Å². The third kappa shape index (κ3) is 5.80. The lowest BCUT2D eigenvalue weighted by Gasteiger charge is -2.30. The number of ether oxygens (including phenoxy) is 2. The van der Waals surface area contributed by atoms with Gasteiger partial charge >= 0.3 is 0 Å². The minimum Gasteiger partial charge on any atom is -0.382 e. The van der Waals surface area contributed by atoms with Gasteiger partial charge in [-0.15, -0.1) is 0 Å². The minimum absolute atomic E-state index is 0.0487. The standard InChI is InChI=1S/C13H26N2O3/c1-17-6-7-18-10-13(16)15-9-12-5-3-2-4-11(12)8-14/h11-12H,2-10,14H2,1H3,(H,15,16). The van der Waals surface area contributed by atoms with Crippen LogP contribution < -0.4 is 11.1 Å². The molecule has 5 heteroatoms. The van der Waals surface area contributed by atoms with Crippen molar-refractivity contribution in [1.82, 2.24) is 5.32 Å². The zero-order chi connectivity index (χ0) is 13.2. The molecule has 0 aromatic rings. The van der Waals surface area contributed by atoms with Crippen LogP contribution in [-0.2, 0) is 14.3 Å². The first-order valence-corrected chi connectivity index (χ1v) is 6.81. The molecule has 0 radical (unpaired) electrons. The van der Waals surface area contributed by atoms with Crippen LogP contribution >= 0.6 is 0 Å². The van der Waals surface area contributed by atoms with Gasteiger partial charge in [0.15, 0.2) is 0 Å². The summed E-state index contributed by atoms with van der Waals surface area (Å²) in [4.78, 5) is 11.5. The molecule has 0 spiro atoms. The van der Waals surface area contributed by atoms with E-state index in [9.17, 15) is 4.79 Å². The lowest BCUT2D eigenvalue weighted by Crippen LogP contribution is -2.38. The Bertz CT molecular complexity index is 236. The first-order chi connectivity index (χ1) is 8.77. The number of nitrogens with one attached hydrogen (secondary N) is 1. The molecule has 5 nitrogen and oxygen atoms in total. The average molecular weight is 258 g/mol. The lowest BCUT2D eigenvalue weighted by atomic mass is 9.79. The van der Waals surface area contributed by atoms with Crippen LogP contribution in [0.1, 0.15) is 25.7 Å². The van der Waals surface area contributed by atoms with Gasteiger partial charge in [-0.2, -0.15) is 0 Å². The summed E-state index contributed by atoms with van der Waals surface area (Å²) in [5.41, 5.74) is 5.76. The largest absolute Gasteiger partial charge is 0.382 e. The van der Waals surface area contributed by atoms with E-state index in [-0.39, 0.29) is 12.5 Å². The topological polar surface area (TPSA) is 73.6 Å². The molecule has 0 bridgehead atoms. The number of methoxy groups -OCH3 is 1. The lowest BCUT2D eigenvalue weighted by molar-refractivity contribution is -0.126. The quantitative estimate of drug-likeness (QED) is 0.623. The van der Waals surface area contributed by atoms with E-state index in [1.54, 1.807) is 7.11 Å². The Morgan fingerprint density at radius 2 is 2.00 bits per heavy atom. The second-order valence-corrected chi connectivity index (χ2v) is 4.89. The predicted octanol–water partition coefficient (Wildman–Crippen LogP) is 0.531. The molecule has 3 N–H and O–H groups in total. The van der Waals surface area contributed by atoms with Crippen molar-refractivity contribution >= 4 is 5.91 Å². The minimum atomic E-state index is -0.0487. The summed E-state index contributed by atoms with van der Waals surface area (Å²) < 4.78 is 10.0. The third-order valence-electron chi connectivity index (χ3n) is 3.60. The predicted molar refractivity (Wildman–Crippen MR) is 70.2 cm³/mol. The Kier molecular flexibility index (Phi) is 7.96. The molecule has 106 valence electrons. The van der Waals surface area contributed by atoms with Gasteiger partial charge in [0.1, 0.15) is 6.61 Å². The van der Waals surface area contributed by atoms with Crippen molar-refractivity contribution in [2.75, 3.05) is 40.0 Å². The average Bonchev–Trinajstić information content (AvgIpc) is 2.41. The number of carbonyl (C=O) groups excluding carboxylic acids is 1. The summed E-state index contributed by atoms with van der Waals surface area (Å²) in [6.45, 7) is 2.55. The van der Waals surface area contributed by atoms with E-state index < -0.39 is 0 Å². The summed E-state index contributed by atoms with van der Waals surface area (Å²) in [7, 11) is 1.61. The van der Waals surface area contributed by atoms with Crippen molar-refractivity contribution in [3.05, 3.63) is 0 Å². The number of nitrogens with two attached hydrogens (primary N) is 1. The summed E-state index contributed by atoms with van der Waals surface area (Å²) in [6, 6.07) is 0. The number of hydrogen-bond acceptors (Lipinski definition) is 4. The summed E-state index contributed by atoms with van der Waals surface area (Å²) >= 11 is 0. The smallest absolute Gasteiger partial charge is 0.246 e. The van der Waals surface area contributed by atoms with Crippen LogP contribution in [0.15, 0.2) is 0 Å². The van der Waals surface area contributed by atoms with E-state index in [4.69, 9.17) is 15.2 Å². The fourth-order valence-electron chi connectivity index (χ4n) is 2.47. The van der Waals surface area contributed by atoms with Crippen molar-refractivity contribution < 1.29 is 14.3 Å². The van der Waals surface area contributed by atoms with Crippen molar-refractivity contribution in [3.8, 4) is 0 Å². The first kappa shape index (κ1) is 15.4. The van der Waals surface area contributed by atoms with Crippen molar-refractivity contribution in [2.24, 2.45) is 17.6 Å². The Balaban J connectivity index is 2.12. The van der Waals surface area contributed by atoms with Crippen LogP contribution in [0.3, 0.4) is 0 Å². The van der Waals surface area contributed by atoms with Gasteiger partial charge in [-0.25, -0.2) is 0 Å². The normalized spacial score (nSPS) is 23.9. The molecule has 1 aliphatic rings. The second-order valence-electron chi connectivity index (χ2n) is 4.89. The molecule has 1 aliphatic carbocycles. The van der Waals surface area contributed by atoms with E-state index in [1.165, 1.54) is 25.7 Å². The number of amides is 1. The zero-order valence-corrected chi connectivity index (χ0v) is 11.3. The summed E-state index contributed by atoms with van der Waals surface area (Å²) in [6.07, 6.45) is 4.89. The maximum Gasteiger partial charge on any atom is 0.246 e. The van der Waals surface area contributed by atoms with Crippen molar-refractivity contribution in [1.29, 1.82) is 0 Å². The highest BCUT2D eigenvalue weighted by molar-refractivity contribution is 5.77. The van der Waals surface area contributed by atoms with Gasteiger partial charge in [0.05, 0.1) is 13.2 Å². The Morgan fingerprint density at radius 3 is 2.67 bits per heavy atom. The molecule has 2 unspecified atom stereocenters. The van der Waals surface area contributed by atoms with Crippen LogP contribution in [0.25, 0.3) is 0 Å². The molecule has 2 atom stereocenters. The van der Waals surface area contributed by atoms with Crippen LogP contribution in [-0.4, -0.2) is 45.9 Å². The van der Waals surface area contributed by atoms with E-state index in [1.807, 2.05) is 0 Å². The summed E-state index contributed by atoms with van der Waals surface area (Å²) in [5, 5.41) is 2.93. The fourth-order valence-corrected chi connectivity index (χ4v) is 2.47. The molecule has 0 heterocycles. The molecule has 18 heavy (non-hydrogen) atoms. The second kappa shape index (κ2) is 9.30. The highest BCUT2D eigenvalue weighted by atomic mass is 16.5.